The summed E-state index contributed by atoms with van der Waals surface area (Å²) in [5.41, 5.74) is 1.51. The van der Waals surface area contributed by atoms with Gasteiger partial charge in [0.2, 0.25) is 0 Å². The number of aliphatic hydroxyl groups excluding tert-OH is 1. The zero-order valence-electron chi connectivity index (χ0n) is 12.7. The Bertz CT molecular complexity index is 675. The number of rotatable bonds is 7. The molecule has 0 aromatic heterocycles. The second-order valence-corrected chi connectivity index (χ2v) is 5.70. The van der Waals surface area contributed by atoms with Gasteiger partial charge in [0, 0.05) is 22.1 Å². The number of carbonyl (C=O) groups excluding carboxylic acids is 1. The average molecular weight is 380 g/mol. The lowest BCUT2D eigenvalue weighted by molar-refractivity contribution is -0.123. The van der Waals surface area contributed by atoms with E-state index < -0.39 is 0 Å². The first kappa shape index (κ1) is 17.3. The van der Waals surface area contributed by atoms with Crippen LogP contribution >= 0.6 is 15.9 Å². The van der Waals surface area contributed by atoms with Crippen LogP contribution in [-0.2, 0) is 17.9 Å². The molecule has 6 heteroatoms. The largest absolute Gasteiger partial charge is 0.496 e. The van der Waals surface area contributed by atoms with Gasteiger partial charge in [0.1, 0.15) is 11.5 Å². The first-order valence-corrected chi connectivity index (χ1v) is 7.84. The van der Waals surface area contributed by atoms with Crippen LogP contribution in [0, 0.1) is 0 Å². The molecule has 2 aromatic carbocycles. The van der Waals surface area contributed by atoms with Crippen LogP contribution in [-0.4, -0.2) is 24.7 Å². The lowest BCUT2D eigenvalue weighted by Crippen LogP contribution is -2.28. The molecule has 0 aliphatic heterocycles. The van der Waals surface area contributed by atoms with Gasteiger partial charge in [0.15, 0.2) is 6.61 Å². The molecule has 0 heterocycles. The minimum Gasteiger partial charge on any atom is -0.496 e. The van der Waals surface area contributed by atoms with Gasteiger partial charge in [-0.25, -0.2) is 0 Å². The van der Waals surface area contributed by atoms with E-state index in [1.165, 1.54) is 0 Å². The Morgan fingerprint density at radius 3 is 2.70 bits per heavy atom. The minimum absolute atomic E-state index is 0.121. The highest BCUT2D eigenvalue weighted by Gasteiger charge is 2.08. The number of methoxy groups -OCH3 is 1. The number of halogens is 1. The molecule has 23 heavy (non-hydrogen) atoms. The van der Waals surface area contributed by atoms with E-state index in [0.29, 0.717) is 17.9 Å². The SMILES string of the molecule is COc1ccccc1CNC(=O)COc1ccc(Br)cc1CO. The second kappa shape index (κ2) is 8.55. The quantitative estimate of drug-likeness (QED) is 0.775. The van der Waals surface area contributed by atoms with Gasteiger partial charge >= 0.3 is 0 Å². The van der Waals surface area contributed by atoms with E-state index >= 15 is 0 Å². The van der Waals surface area contributed by atoms with E-state index in [1.54, 1.807) is 25.3 Å². The third-order valence-corrected chi connectivity index (χ3v) is 3.71. The Morgan fingerprint density at radius 2 is 1.96 bits per heavy atom. The number of nitrogens with one attached hydrogen (secondary N) is 1. The number of carbonyl (C=O) groups is 1. The molecular weight excluding hydrogens is 362 g/mol. The molecule has 0 aliphatic carbocycles. The Kier molecular flexibility index (Phi) is 6.43. The molecule has 0 atom stereocenters. The van der Waals surface area contributed by atoms with Gasteiger partial charge < -0.3 is 19.9 Å². The van der Waals surface area contributed by atoms with Gasteiger partial charge in [0.05, 0.1) is 13.7 Å². The van der Waals surface area contributed by atoms with Gasteiger partial charge in [0.25, 0.3) is 5.91 Å². The summed E-state index contributed by atoms with van der Waals surface area (Å²) < 4.78 is 11.5. The van der Waals surface area contributed by atoms with E-state index in [1.807, 2.05) is 24.3 Å². The van der Waals surface area contributed by atoms with Crippen molar-refractivity contribution in [2.24, 2.45) is 0 Å². The third-order valence-electron chi connectivity index (χ3n) is 3.22. The Hall–Kier alpha value is -2.05. The van der Waals surface area contributed by atoms with Gasteiger partial charge in [-0.15, -0.1) is 0 Å². The third kappa shape index (κ3) is 4.97. The maximum Gasteiger partial charge on any atom is 0.258 e. The average Bonchev–Trinajstić information content (AvgIpc) is 2.58. The van der Waals surface area contributed by atoms with E-state index in [-0.39, 0.29) is 19.1 Å². The Morgan fingerprint density at radius 1 is 1.17 bits per heavy atom. The van der Waals surface area contributed by atoms with Crippen molar-refractivity contribution in [1.29, 1.82) is 0 Å². The summed E-state index contributed by atoms with van der Waals surface area (Å²) in [6, 6.07) is 12.7. The predicted molar refractivity (Wildman–Crippen MR) is 90.4 cm³/mol. The zero-order chi connectivity index (χ0) is 16.7. The van der Waals surface area contributed by atoms with Crippen molar-refractivity contribution in [3.05, 3.63) is 58.1 Å². The van der Waals surface area contributed by atoms with Crippen molar-refractivity contribution in [2.75, 3.05) is 13.7 Å². The highest BCUT2D eigenvalue weighted by Crippen LogP contribution is 2.23. The summed E-state index contributed by atoms with van der Waals surface area (Å²) in [4.78, 5) is 11.9. The van der Waals surface area contributed by atoms with Crippen molar-refractivity contribution in [2.45, 2.75) is 13.2 Å². The number of aliphatic hydroxyl groups is 1. The normalized spacial score (nSPS) is 10.2. The first-order valence-electron chi connectivity index (χ1n) is 7.04. The summed E-state index contributed by atoms with van der Waals surface area (Å²) in [5.74, 6) is 0.968. The van der Waals surface area contributed by atoms with Gasteiger partial charge in [-0.3, -0.25) is 4.79 Å². The zero-order valence-corrected chi connectivity index (χ0v) is 14.3. The fourth-order valence-electron chi connectivity index (χ4n) is 2.05. The molecule has 0 saturated heterocycles. The predicted octanol–water partition coefficient (Wildman–Crippen LogP) is 2.65. The van der Waals surface area contributed by atoms with Crippen molar-refractivity contribution in [3.8, 4) is 11.5 Å². The van der Waals surface area contributed by atoms with E-state index in [2.05, 4.69) is 21.2 Å². The monoisotopic (exact) mass is 379 g/mol. The molecule has 0 spiro atoms. The van der Waals surface area contributed by atoms with Crippen molar-refractivity contribution in [3.63, 3.8) is 0 Å². The first-order chi connectivity index (χ1) is 11.1. The summed E-state index contributed by atoms with van der Waals surface area (Å²) >= 11 is 3.32. The van der Waals surface area contributed by atoms with Crippen LogP contribution in [0.1, 0.15) is 11.1 Å². The van der Waals surface area contributed by atoms with Crippen LogP contribution in [0.5, 0.6) is 11.5 Å². The molecule has 2 aromatic rings. The van der Waals surface area contributed by atoms with Crippen LogP contribution in [0.15, 0.2) is 46.9 Å². The Labute approximate surface area is 143 Å². The minimum atomic E-state index is -0.247. The number of benzene rings is 2. The number of amides is 1. The molecule has 0 bridgehead atoms. The molecule has 0 radical (unpaired) electrons. The Balaban J connectivity index is 1.88. The lowest BCUT2D eigenvalue weighted by Gasteiger charge is -2.12. The molecule has 2 rings (SSSR count). The van der Waals surface area contributed by atoms with Crippen LogP contribution in [0.4, 0.5) is 0 Å². The van der Waals surface area contributed by atoms with Crippen LogP contribution in [0.3, 0.4) is 0 Å². The number of hydrogen-bond acceptors (Lipinski definition) is 4. The van der Waals surface area contributed by atoms with Crippen molar-refractivity contribution in [1.82, 2.24) is 5.32 Å². The van der Waals surface area contributed by atoms with E-state index in [0.717, 1.165) is 15.8 Å². The van der Waals surface area contributed by atoms with Gasteiger partial charge in [-0.05, 0) is 24.3 Å². The number of para-hydroxylation sites is 1. The lowest BCUT2D eigenvalue weighted by atomic mass is 10.2. The maximum atomic E-state index is 11.9. The fraction of sp³-hybridized carbons (Fsp3) is 0.235. The molecular formula is C17H18BrNO4. The second-order valence-electron chi connectivity index (χ2n) is 4.79. The maximum absolute atomic E-state index is 11.9. The van der Waals surface area contributed by atoms with Crippen LogP contribution in [0.25, 0.3) is 0 Å². The summed E-state index contributed by atoms with van der Waals surface area (Å²) in [7, 11) is 1.59. The molecule has 0 aliphatic rings. The molecule has 0 saturated carbocycles. The molecule has 5 nitrogen and oxygen atoms in total. The van der Waals surface area contributed by atoms with Gasteiger partial charge in [-0.2, -0.15) is 0 Å². The smallest absolute Gasteiger partial charge is 0.258 e. The van der Waals surface area contributed by atoms with E-state index in [9.17, 15) is 9.90 Å². The highest BCUT2D eigenvalue weighted by molar-refractivity contribution is 9.10. The van der Waals surface area contributed by atoms with Crippen molar-refractivity contribution >= 4 is 21.8 Å². The highest BCUT2D eigenvalue weighted by atomic mass is 79.9. The topological polar surface area (TPSA) is 67.8 Å². The number of ether oxygens (including phenoxy) is 2. The molecule has 0 unspecified atom stereocenters. The van der Waals surface area contributed by atoms with Crippen molar-refractivity contribution < 1.29 is 19.4 Å². The summed E-state index contributed by atoms with van der Waals surface area (Å²) in [6.07, 6.45) is 0. The molecule has 122 valence electrons. The van der Waals surface area contributed by atoms with Crippen LogP contribution in [0.2, 0.25) is 0 Å². The number of hydrogen-bond donors (Lipinski definition) is 2. The molecule has 1 amide bonds. The summed E-state index contributed by atoms with van der Waals surface area (Å²) in [5, 5.41) is 12.1. The standard InChI is InChI=1S/C17H18BrNO4/c1-22-15-5-3-2-4-12(15)9-19-17(21)11-23-16-7-6-14(18)8-13(16)10-20/h2-8,20H,9-11H2,1H3,(H,19,21). The molecule has 0 fully saturated rings. The van der Waals surface area contributed by atoms with Gasteiger partial charge in [-0.1, -0.05) is 34.1 Å². The molecule has 2 N–H and O–H groups in total. The van der Waals surface area contributed by atoms with E-state index in [4.69, 9.17) is 9.47 Å². The summed E-state index contributed by atoms with van der Waals surface area (Å²) in [6.45, 7) is 0.0841. The fourth-order valence-corrected chi connectivity index (χ4v) is 2.46. The van der Waals surface area contributed by atoms with Crippen LogP contribution < -0.4 is 14.8 Å².